The van der Waals surface area contributed by atoms with Gasteiger partial charge in [-0.05, 0) is 6.26 Å². The molecule has 0 spiro atoms. The molecule has 0 aromatic carbocycles. The van der Waals surface area contributed by atoms with Gasteiger partial charge in [-0.25, -0.2) is 0 Å². The second kappa shape index (κ2) is 4.02. The summed E-state index contributed by atoms with van der Waals surface area (Å²) in [5.74, 6) is 0. The maximum Gasteiger partial charge on any atom is 0.431 e. The van der Waals surface area contributed by atoms with Gasteiger partial charge in [-0.15, -0.1) is 0 Å². The molecular formula is C4H6F3NS2. The summed E-state index contributed by atoms with van der Waals surface area (Å²) in [5.41, 5.74) is 3.59. The van der Waals surface area contributed by atoms with Gasteiger partial charge in [0.05, 0.1) is 0 Å². The topological polar surface area (TPSA) is 26.0 Å². The van der Waals surface area contributed by atoms with E-state index in [1.165, 1.54) is 10.8 Å². The molecule has 0 rings (SSSR count). The van der Waals surface area contributed by atoms with Crippen molar-refractivity contribution in [3.63, 3.8) is 0 Å². The number of halogens is 3. The molecule has 2 N–H and O–H groups in total. The number of nitrogens with two attached hydrogens (primary N) is 1. The van der Waals surface area contributed by atoms with Crippen LogP contribution in [0.5, 0.6) is 0 Å². The molecule has 0 bridgehead atoms. The summed E-state index contributed by atoms with van der Waals surface area (Å²) in [7, 11) is 2.16. The van der Waals surface area contributed by atoms with E-state index >= 15 is 0 Å². The first-order chi connectivity index (χ1) is 4.48. The Kier molecular flexibility index (Phi) is 4.04. The van der Waals surface area contributed by atoms with Crippen molar-refractivity contribution in [3.05, 3.63) is 11.1 Å². The Morgan fingerprint density at radius 3 is 2.30 bits per heavy atom. The van der Waals surface area contributed by atoms with Gasteiger partial charge in [-0.2, -0.15) is 13.2 Å². The highest BCUT2D eigenvalue weighted by Crippen LogP contribution is 2.27. The minimum absolute atomic E-state index is 0.880. The lowest BCUT2D eigenvalue weighted by Gasteiger charge is -2.04. The molecular weight excluding hydrogens is 183 g/mol. The van der Waals surface area contributed by atoms with Crippen LogP contribution < -0.4 is 5.73 Å². The van der Waals surface area contributed by atoms with E-state index in [0.717, 1.165) is 16.2 Å². The third-order valence-corrected chi connectivity index (χ3v) is 2.01. The predicted molar refractivity (Wildman–Crippen MR) is 39.4 cm³/mol. The summed E-state index contributed by atoms with van der Waals surface area (Å²) in [4.78, 5) is 0. The Bertz CT molecular complexity index is 131. The van der Waals surface area contributed by atoms with Crippen LogP contribution in [0.2, 0.25) is 0 Å². The molecule has 0 aliphatic heterocycles. The molecule has 0 radical (unpaired) electrons. The lowest BCUT2D eigenvalue weighted by Crippen LogP contribution is -2.18. The van der Waals surface area contributed by atoms with E-state index in [-0.39, 0.29) is 0 Å². The van der Waals surface area contributed by atoms with Gasteiger partial charge in [0.25, 0.3) is 0 Å². The number of allylic oxidation sites excluding steroid dienone is 1. The maximum absolute atomic E-state index is 11.6. The van der Waals surface area contributed by atoms with Gasteiger partial charge in [0.15, 0.2) is 0 Å². The lowest BCUT2D eigenvalue weighted by molar-refractivity contribution is -0.0924. The molecule has 0 amide bonds. The van der Waals surface area contributed by atoms with Crippen LogP contribution in [0.3, 0.4) is 0 Å². The van der Waals surface area contributed by atoms with E-state index in [2.05, 4.69) is 5.73 Å². The SMILES string of the molecule is CSS/C=C(\N)C(F)(F)F. The van der Waals surface area contributed by atoms with Crippen LogP contribution in [0.25, 0.3) is 0 Å². The molecule has 0 unspecified atom stereocenters. The van der Waals surface area contributed by atoms with Gasteiger partial charge in [0.1, 0.15) is 5.70 Å². The highest BCUT2D eigenvalue weighted by molar-refractivity contribution is 8.77. The minimum atomic E-state index is -4.39. The van der Waals surface area contributed by atoms with E-state index in [1.54, 1.807) is 6.26 Å². The first-order valence-electron chi connectivity index (χ1n) is 2.20. The standard InChI is InChI=1S/C4H6F3NS2/c1-9-10-2-3(8)4(5,6)7/h2H,8H2,1H3/b3-2-. The Labute approximate surface area is 64.6 Å². The Balaban J connectivity index is 3.93. The molecule has 0 aliphatic carbocycles. The van der Waals surface area contributed by atoms with Gasteiger partial charge in [0, 0.05) is 5.41 Å². The molecule has 0 atom stereocenters. The predicted octanol–water partition coefficient (Wildman–Crippen LogP) is 2.36. The normalized spacial score (nSPS) is 13.8. The number of alkyl halides is 3. The van der Waals surface area contributed by atoms with Crippen molar-refractivity contribution < 1.29 is 13.2 Å². The molecule has 60 valence electrons. The third-order valence-electron chi connectivity index (χ3n) is 0.599. The van der Waals surface area contributed by atoms with Crippen molar-refractivity contribution in [2.75, 3.05) is 6.26 Å². The quantitative estimate of drug-likeness (QED) is 0.675. The van der Waals surface area contributed by atoms with Crippen molar-refractivity contribution in [2.45, 2.75) is 6.18 Å². The average Bonchev–Trinajstić information content (AvgIpc) is 1.80. The van der Waals surface area contributed by atoms with Crippen LogP contribution in [0.1, 0.15) is 0 Å². The van der Waals surface area contributed by atoms with Crippen LogP contribution in [0.4, 0.5) is 13.2 Å². The molecule has 0 aliphatic rings. The molecule has 0 heterocycles. The van der Waals surface area contributed by atoms with Gasteiger partial charge < -0.3 is 5.73 Å². The molecule has 0 aromatic heterocycles. The number of hydrogen-bond donors (Lipinski definition) is 1. The van der Waals surface area contributed by atoms with Gasteiger partial charge in [-0.1, -0.05) is 21.6 Å². The third kappa shape index (κ3) is 3.94. The molecule has 0 fully saturated rings. The van der Waals surface area contributed by atoms with Crippen molar-refractivity contribution in [1.82, 2.24) is 0 Å². The largest absolute Gasteiger partial charge is 0.431 e. The van der Waals surface area contributed by atoms with Crippen LogP contribution in [0.15, 0.2) is 11.1 Å². The average molecular weight is 189 g/mol. The fraction of sp³-hybridized carbons (Fsp3) is 0.500. The van der Waals surface area contributed by atoms with Crippen LogP contribution in [0, 0.1) is 0 Å². The Morgan fingerprint density at radius 1 is 1.50 bits per heavy atom. The van der Waals surface area contributed by atoms with Crippen molar-refractivity contribution in [2.24, 2.45) is 5.73 Å². The van der Waals surface area contributed by atoms with Crippen LogP contribution in [-0.2, 0) is 0 Å². The summed E-state index contributed by atoms with van der Waals surface area (Å²) in [5, 5.41) is 0.880. The summed E-state index contributed by atoms with van der Waals surface area (Å²) >= 11 is 0. The molecule has 1 nitrogen and oxygen atoms in total. The minimum Gasteiger partial charge on any atom is -0.394 e. The lowest BCUT2D eigenvalue weighted by atomic mass is 10.5. The molecule has 10 heavy (non-hydrogen) atoms. The molecule has 6 heteroatoms. The maximum atomic E-state index is 11.6. The second-order valence-electron chi connectivity index (χ2n) is 1.33. The van der Waals surface area contributed by atoms with E-state index in [1.807, 2.05) is 0 Å². The zero-order valence-electron chi connectivity index (χ0n) is 5.11. The fourth-order valence-corrected chi connectivity index (χ4v) is 1.10. The highest BCUT2D eigenvalue weighted by Gasteiger charge is 2.31. The molecule has 0 saturated carbocycles. The van der Waals surface area contributed by atoms with Crippen molar-refractivity contribution in [1.29, 1.82) is 0 Å². The number of hydrogen-bond acceptors (Lipinski definition) is 3. The smallest absolute Gasteiger partial charge is 0.394 e. The summed E-state index contributed by atoms with van der Waals surface area (Å²) in [6.45, 7) is 0. The second-order valence-corrected chi connectivity index (χ2v) is 3.67. The summed E-state index contributed by atoms with van der Waals surface area (Å²) in [6.07, 6.45) is -2.71. The van der Waals surface area contributed by atoms with Crippen LogP contribution >= 0.6 is 21.6 Å². The monoisotopic (exact) mass is 189 g/mol. The zero-order valence-corrected chi connectivity index (χ0v) is 6.74. The van der Waals surface area contributed by atoms with Crippen molar-refractivity contribution in [3.8, 4) is 0 Å². The van der Waals surface area contributed by atoms with E-state index in [4.69, 9.17) is 0 Å². The van der Waals surface area contributed by atoms with Crippen molar-refractivity contribution >= 4 is 21.6 Å². The number of rotatable bonds is 2. The van der Waals surface area contributed by atoms with E-state index in [0.29, 0.717) is 0 Å². The van der Waals surface area contributed by atoms with Gasteiger partial charge in [-0.3, -0.25) is 0 Å². The van der Waals surface area contributed by atoms with E-state index < -0.39 is 11.9 Å². The van der Waals surface area contributed by atoms with Crippen LogP contribution in [-0.4, -0.2) is 12.4 Å². The molecule has 0 aromatic rings. The van der Waals surface area contributed by atoms with Gasteiger partial charge in [0.2, 0.25) is 0 Å². The zero-order chi connectivity index (χ0) is 8.20. The van der Waals surface area contributed by atoms with E-state index in [9.17, 15) is 13.2 Å². The molecule has 0 saturated heterocycles. The Morgan fingerprint density at radius 2 is 2.00 bits per heavy atom. The first kappa shape index (κ1) is 10.0. The first-order valence-corrected chi connectivity index (χ1v) is 4.83. The Hall–Kier alpha value is 0.0300. The summed E-state index contributed by atoms with van der Waals surface area (Å²) < 4.78 is 34.7. The van der Waals surface area contributed by atoms with Gasteiger partial charge >= 0.3 is 6.18 Å². The summed E-state index contributed by atoms with van der Waals surface area (Å²) in [6, 6.07) is 0. The fourth-order valence-electron chi connectivity index (χ4n) is 0.167. The highest BCUT2D eigenvalue weighted by atomic mass is 33.1.